The summed E-state index contributed by atoms with van der Waals surface area (Å²) in [7, 11) is 0. The summed E-state index contributed by atoms with van der Waals surface area (Å²) in [6, 6.07) is 8.16. The summed E-state index contributed by atoms with van der Waals surface area (Å²) < 4.78 is 1.79. The van der Waals surface area contributed by atoms with Gasteiger partial charge in [-0.3, -0.25) is 4.79 Å². The second kappa shape index (κ2) is 7.90. The van der Waals surface area contributed by atoms with Crippen LogP contribution in [-0.4, -0.2) is 20.7 Å². The van der Waals surface area contributed by atoms with Crippen molar-refractivity contribution < 1.29 is 4.79 Å². The van der Waals surface area contributed by atoms with Crippen molar-refractivity contribution in [3.8, 4) is 0 Å². The van der Waals surface area contributed by atoms with Crippen LogP contribution in [0.2, 0.25) is 0 Å². The number of nitrogens with one attached hydrogen (secondary N) is 1. The lowest BCUT2D eigenvalue weighted by Crippen LogP contribution is -2.26. The van der Waals surface area contributed by atoms with Crippen LogP contribution in [0.15, 0.2) is 36.9 Å². The van der Waals surface area contributed by atoms with Crippen molar-refractivity contribution >= 4 is 5.91 Å². The highest BCUT2D eigenvalue weighted by Gasteiger charge is 2.17. The van der Waals surface area contributed by atoms with Crippen LogP contribution in [0.5, 0.6) is 0 Å². The molecule has 122 valence electrons. The zero-order valence-corrected chi connectivity index (χ0v) is 13.4. The fourth-order valence-corrected chi connectivity index (χ4v) is 3.29. The molecule has 0 bridgehead atoms. The molecule has 0 saturated heterocycles. The topological polar surface area (TPSA) is 59.8 Å². The van der Waals surface area contributed by atoms with Crippen molar-refractivity contribution in [2.45, 2.75) is 51.6 Å². The van der Waals surface area contributed by atoms with E-state index in [0.717, 1.165) is 11.1 Å². The van der Waals surface area contributed by atoms with Gasteiger partial charge in [0.1, 0.15) is 12.7 Å². The van der Waals surface area contributed by atoms with Crippen LogP contribution in [0.3, 0.4) is 0 Å². The summed E-state index contributed by atoms with van der Waals surface area (Å²) in [5.74, 6) is 0.751. The van der Waals surface area contributed by atoms with Gasteiger partial charge in [0.25, 0.3) is 0 Å². The van der Waals surface area contributed by atoms with Gasteiger partial charge in [0.2, 0.25) is 5.91 Å². The van der Waals surface area contributed by atoms with Crippen LogP contribution < -0.4 is 5.32 Å². The molecule has 1 aromatic heterocycles. The van der Waals surface area contributed by atoms with E-state index in [2.05, 4.69) is 27.5 Å². The smallest absolute Gasteiger partial charge is 0.220 e. The molecule has 23 heavy (non-hydrogen) atoms. The number of benzene rings is 1. The minimum atomic E-state index is 0.174. The zero-order chi connectivity index (χ0) is 15.9. The number of hydrogen-bond donors (Lipinski definition) is 1. The van der Waals surface area contributed by atoms with Crippen molar-refractivity contribution in [1.29, 1.82) is 0 Å². The molecule has 0 atom stereocenters. The number of carbonyl (C=O) groups is 1. The molecule has 1 aliphatic carbocycles. The Morgan fingerprint density at radius 3 is 2.70 bits per heavy atom. The minimum Gasteiger partial charge on any atom is -0.352 e. The monoisotopic (exact) mass is 312 g/mol. The van der Waals surface area contributed by atoms with Crippen LogP contribution in [0, 0.1) is 5.92 Å². The van der Waals surface area contributed by atoms with E-state index in [0.29, 0.717) is 25.4 Å². The van der Waals surface area contributed by atoms with E-state index < -0.39 is 0 Å². The van der Waals surface area contributed by atoms with Crippen LogP contribution in [0.1, 0.15) is 49.7 Å². The first kappa shape index (κ1) is 15.7. The van der Waals surface area contributed by atoms with Gasteiger partial charge < -0.3 is 5.32 Å². The predicted molar refractivity (Wildman–Crippen MR) is 88.6 cm³/mol. The Hall–Kier alpha value is -2.17. The van der Waals surface area contributed by atoms with Crippen molar-refractivity contribution in [1.82, 2.24) is 20.1 Å². The lowest BCUT2D eigenvalue weighted by atomic mass is 9.87. The van der Waals surface area contributed by atoms with Gasteiger partial charge in [-0.1, -0.05) is 43.5 Å². The Morgan fingerprint density at radius 2 is 1.96 bits per heavy atom. The first-order valence-electron chi connectivity index (χ1n) is 8.47. The molecule has 0 spiro atoms. The normalized spacial score (nSPS) is 15.5. The summed E-state index contributed by atoms with van der Waals surface area (Å²) >= 11 is 0. The molecule has 0 radical (unpaired) electrons. The molecular weight excluding hydrogens is 288 g/mol. The minimum absolute atomic E-state index is 0.174. The Bertz CT molecular complexity index is 618. The Kier molecular flexibility index (Phi) is 5.40. The number of amides is 1. The molecule has 5 heteroatoms. The third-order valence-corrected chi connectivity index (χ3v) is 4.59. The van der Waals surface area contributed by atoms with E-state index >= 15 is 0 Å². The maximum Gasteiger partial charge on any atom is 0.220 e. The molecule has 1 N–H and O–H groups in total. The first-order valence-corrected chi connectivity index (χ1v) is 8.47. The quantitative estimate of drug-likeness (QED) is 0.892. The average molecular weight is 312 g/mol. The molecule has 5 nitrogen and oxygen atoms in total. The van der Waals surface area contributed by atoms with Gasteiger partial charge in [-0.15, -0.1) is 0 Å². The van der Waals surface area contributed by atoms with E-state index in [1.165, 1.54) is 38.4 Å². The maximum atomic E-state index is 12.2. The Morgan fingerprint density at radius 1 is 1.17 bits per heavy atom. The lowest BCUT2D eigenvalue weighted by molar-refractivity contribution is -0.122. The molecule has 1 aromatic carbocycles. The number of rotatable bonds is 6. The number of hydrogen-bond acceptors (Lipinski definition) is 3. The molecular formula is C18H24N4O. The molecule has 1 amide bonds. The maximum absolute atomic E-state index is 12.2. The highest BCUT2D eigenvalue weighted by molar-refractivity contribution is 5.76. The molecule has 1 saturated carbocycles. The van der Waals surface area contributed by atoms with Crippen LogP contribution >= 0.6 is 0 Å². The van der Waals surface area contributed by atoms with Crippen molar-refractivity contribution in [3.63, 3.8) is 0 Å². The van der Waals surface area contributed by atoms with Crippen LogP contribution in [0.25, 0.3) is 0 Å². The molecule has 1 aliphatic rings. The van der Waals surface area contributed by atoms with Crippen molar-refractivity contribution in [3.05, 3.63) is 48.0 Å². The van der Waals surface area contributed by atoms with Gasteiger partial charge in [-0.05, 0) is 29.9 Å². The van der Waals surface area contributed by atoms with Gasteiger partial charge >= 0.3 is 0 Å². The summed E-state index contributed by atoms with van der Waals surface area (Å²) in [6.45, 7) is 1.26. The molecule has 1 heterocycles. The van der Waals surface area contributed by atoms with Crippen molar-refractivity contribution in [2.24, 2.45) is 5.92 Å². The summed E-state index contributed by atoms with van der Waals surface area (Å²) in [6.07, 6.45) is 10.2. The molecule has 0 aliphatic heterocycles. The lowest BCUT2D eigenvalue weighted by Gasteiger charge is -2.21. The highest BCUT2D eigenvalue weighted by Crippen LogP contribution is 2.26. The zero-order valence-electron chi connectivity index (χ0n) is 13.4. The number of aromatic nitrogens is 3. The SMILES string of the molecule is O=C(CC1CCCCC1)NCc1ccccc1Cn1cncn1. The molecule has 0 unspecified atom stereocenters. The number of carbonyl (C=O) groups excluding carboxylic acids is 1. The summed E-state index contributed by atoms with van der Waals surface area (Å²) in [4.78, 5) is 16.1. The standard InChI is InChI=1S/C18H24N4O/c23-18(10-15-6-2-1-3-7-15)20-11-16-8-4-5-9-17(16)12-22-14-19-13-21-22/h4-5,8-9,13-15H,1-3,6-7,10-12H2,(H,20,23). The summed E-state index contributed by atoms with van der Waals surface area (Å²) in [5.41, 5.74) is 2.30. The predicted octanol–water partition coefficient (Wildman–Crippen LogP) is 2.91. The van der Waals surface area contributed by atoms with Gasteiger partial charge in [-0.25, -0.2) is 9.67 Å². The largest absolute Gasteiger partial charge is 0.352 e. The Labute approximate surface area is 137 Å². The fourth-order valence-electron chi connectivity index (χ4n) is 3.29. The molecule has 3 rings (SSSR count). The average Bonchev–Trinajstić information content (AvgIpc) is 3.08. The molecule has 1 fully saturated rings. The van der Waals surface area contributed by atoms with Crippen molar-refractivity contribution in [2.75, 3.05) is 0 Å². The Balaban J connectivity index is 1.54. The van der Waals surface area contributed by atoms with Gasteiger partial charge in [0.15, 0.2) is 0 Å². The number of nitrogens with zero attached hydrogens (tertiary/aromatic N) is 3. The third-order valence-electron chi connectivity index (χ3n) is 4.59. The van der Waals surface area contributed by atoms with Gasteiger partial charge in [0.05, 0.1) is 6.54 Å². The van der Waals surface area contributed by atoms with Gasteiger partial charge in [-0.2, -0.15) is 5.10 Å². The fraction of sp³-hybridized carbons (Fsp3) is 0.500. The van der Waals surface area contributed by atoms with Crippen LogP contribution in [0.4, 0.5) is 0 Å². The van der Waals surface area contributed by atoms with E-state index in [4.69, 9.17) is 0 Å². The van der Waals surface area contributed by atoms with Gasteiger partial charge in [0, 0.05) is 13.0 Å². The van der Waals surface area contributed by atoms with E-state index in [9.17, 15) is 4.79 Å². The van der Waals surface area contributed by atoms with E-state index in [1.54, 1.807) is 11.0 Å². The highest BCUT2D eigenvalue weighted by atomic mass is 16.1. The van der Waals surface area contributed by atoms with E-state index in [1.807, 2.05) is 12.1 Å². The van der Waals surface area contributed by atoms with E-state index in [-0.39, 0.29) is 5.91 Å². The third kappa shape index (κ3) is 4.65. The summed E-state index contributed by atoms with van der Waals surface area (Å²) in [5, 5.41) is 7.23. The first-order chi connectivity index (χ1) is 11.3. The van der Waals surface area contributed by atoms with Crippen LogP contribution in [-0.2, 0) is 17.9 Å². The molecule has 2 aromatic rings. The second-order valence-corrected chi connectivity index (χ2v) is 6.35. The second-order valence-electron chi connectivity index (χ2n) is 6.35.